The van der Waals surface area contributed by atoms with Crippen LogP contribution in [0.15, 0.2) is 141 Å². The van der Waals surface area contributed by atoms with Crippen molar-refractivity contribution in [3.63, 3.8) is 0 Å². The van der Waals surface area contributed by atoms with Crippen molar-refractivity contribution in [3.8, 4) is 6.07 Å². The molecule has 63 heavy (non-hydrogen) atoms. The third kappa shape index (κ3) is 12.6. The Morgan fingerprint density at radius 2 is 1.10 bits per heavy atom. The zero-order valence-electron chi connectivity index (χ0n) is 30.9. The number of pyridine rings is 2. The van der Waals surface area contributed by atoms with Gasteiger partial charge in [-0.25, -0.2) is 37.2 Å². The topological polar surface area (TPSA) is 278 Å². The van der Waals surface area contributed by atoms with Crippen LogP contribution < -0.4 is 0 Å². The summed E-state index contributed by atoms with van der Waals surface area (Å²) in [7, 11) is -12.2. The number of nitrogens with zero attached hydrogens (tertiary/aromatic N) is 12. The van der Waals surface area contributed by atoms with Crippen LogP contribution in [0.4, 0.5) is 32.0 Å². The summed E-state index contributed by atoms with van der Waals surface area (Å²) in [6, 6.07) is 26.2. The van der Waals surface area contributed by atoms with Gasteiger partial charge in [0.05, 0.1) is 11.6 Å². The largest absolute Gasteiger partial charge is 0.741 e. The molecule has 0 aliphatic heterocycles. The van der Waals surface area contributed by atoms with E-state index in [9.17, 15) is 36.5 Å². The molecule has 0 aliphatic carbocycles. The fourth-order valence-corrected chi connectivity index (χ4v) is 5.05. The fourth-order valence-electron chi connectivity index (χ4n) is 5.05. The molecule has 0 spiro atoms. The summed E-state index contributed by atoms with van der Waals surface area (Å²) in [4.78, 5) is 18.5. The number of nitro benzene ring substituents is 1. The second-order valence-electron chi connectivity index (χ2n) is 11.5. The third-order valence-corrected chi connectivity index (χ3v) is 8.75. The molecule has 0 bridgehead atoms. The molecule has 8 aromatic rings. The number of alkyl halides is 6. The molecule has 0 fully saturated rings. The SMILES string of the molecule is N#Cc1ccncc1.O=S(=O)([O-])C(F)(F)F.O=S(=O)([O-])C(F)(F)F.O=[N+]([O-])c1cc[c-]c2c1ccc1cccnc12.[Pd].c1cnn([B-](n2cccn2)(n2cccn2)n2cccn2)c1. The van der Waals surface area contributed by atoms with Crippen LogP contribution in [-0.2, 0) is 40.7 Å². The minimum Gasteiger partial charge on any atom is -0.741 e. The summed E-state index contributed by atoms with van der Waals surface area (Å²) in [6.45, 7) is -1.83. The minimum absolute atomic E-state index is 0. The fraction of sp³-hybridized carbons (Fsp3) is 0.0606. The number of rotatable bonds is 5. The second kappa shape index (κ2) is 21.3. The van der Waals surface area contributed by atoms with Crippen molar-refractivity contribution in [3.05, 3.63) is 163 Å². The number of nitro groups is 1. The van der Waals surface area contributed by atoms with E-state index < -0.39 is 37.9 Å². The van der Waals surface area contributed by atoms with Crippen LogP contribution in [0.1, 0.15) is 5.56 Å². The molecule has 0 N–H and O–H groups in total. The van der Waals surface area contributed by atoms with Gasteiger partial charge in [0.25, 0.3) is 0 Å². The summed E-state index contributed by atoms with van der Waals surface area (Å²) in [6.07, 6.45) is 19.3. The number of nitriles is 1. The molecule has 334 valence electrons. The van der Waals surface area contributed by atoms with Crippen molar-refractivity contribution < 1.29 is 77.6 Å². The van der Waals surface area contributed by atoms with E-state index in [2.05, 4.69) is 36.4 Å². The van der Waals surface area contributed by atoms with Gasteiger partial charge in [0, 0.05) is 68.7 Å². The Morgan fingerprint density at radius 1 is 0.667 bits per heavy atom. The number of hydrogen-bond donors (Lipinski definition) is 0. The van der Waals surface area contributed by atoms with Crippen LogP contribution in [0.25, 0.3) is 21.7 Å². The van der Waals surface area contributed by atoms with Gasteiger partial charge in [0.2, 0.25) is 0 Å². The van der Waals surface area contributed by atoms with Gasteiger partial charge in [-0.05, 0) is 83.5 Å². The third-order valence-electron chi connectivity index (χ3n) is 7.61. The zero-order valence-corrected chi connectivity index (χ0v) is 34.1. The molecule has 0 unspecified atom stereocenters. The van der Waals surface area contributed by atoms with Gasteiger partial charge in [0.15, 0.2) is 25.9 Å². The molecule has 30 heteroatoms. The Bertz CT molecular complexity index is 2760. The Hall–Kier alpha value is -6.88. The summed E-state index contributed by atoms with van der Waals surface area (Å²) in [5.41, 5.74) is -9.81. The normalized spacial score (nSPS) is 11.4. The molecule has 8 rings (SSSR count). The molecule has 20 nitrogen and oxygen atoms in total. The summed E-state index contributed by atoms with van der Waals surface area (Å²) < 4.78 is 125. The van der Waals surface area contributed by atoms with E-state index in [1.54, 1.807) is 67.6 Å². The molecule has 0 aliphatic rings. The van der Waals surface area contributed by atoms with Crippen LogP contribution in [0.2, 0.25) is 0 Å². The quantitative estimate of drug-likeness (QED) is 0.0334. The predicted octanol–water partition coefficient (Wildman–Crippen LogP) is 4.55. The molecule has 0 saturated heterocycles. The van der Waals surface area contributed by atoms with E-state index in [4.69, 9.17) is 31.2 Å². The minimum atomic E-state index is -6.09. The molecule has 0 amide bonds. The Balaban J connectivity index is 0.000000225. The van der Waals surface area contributed by atoms with E-state index in [0.29, 0.717) is 16.3 Å². The maximum absolute atomic E-state index is 10.9. The first-order chi connectivity index (χ1) is 29.1. The molecule has 0 saturated carbocycles. The number of hydrogen-bond acceptors (Lipinski definition) is 15. The van der Waals surface area contributed by atoms with Crippen molar-refractivity contribution in [2.75, 3.05) is 0 Å². The zero-order chi connectivity index (χ0) is 45.8. The van der Waals surface area contributed by atoms with Crippen molar-refractivity contribution in [1.29, 1.82) is 5.26 Å². The number of aromatic nitrogens is 10. The summed E-state index contributed by atoms with van der Waals surface area (Å²) in [5.74, 6) is 0. The molecular weight excluding hydrogens is 988 g/mol. The average molecular weight is 1010 g/mol. The Labute approximate surface area is 364 Å². The van der Waals surface area contributed by atoms with Gasteiger partial charge in [-0.1, -0.05) is 24.3 Å². The molecule has 6 heterocycles. The van der Waals surface area contributed by atoms with Crippen molar-refractivity contribution in [1.82, 2.24) is 48.7 Å². The van der Waals surface area contributed by atoms with Crippen LogP contribution in [0.5, 0.6) is 0 Å². The second-order valence-corrected chi connectivity index (χ2v) is 14.2. The van der Waals surface area contributed by atoms with Crippen LogP contribution in [0, 0.1) is 27.5 Å². The van der Waals surface area contributed by atoms with Gasteiger partial charge in [-0.3, -0.25) is 15.1 Å². The Kier molecular flexibility index (Phi) is 17.0. The summed E-state index contributed by atoms with van der Waals surface area (Å²) in [5, 5.41) is 39.1. The van der Waals surface area contributed by atoms with E-state index in [1.165, 1.54) is 6.07 Å². The van der Waals surface area contributed by atoms with Gasteiger partial charge in [-0.15, -0.1) is 17.5 Å². The first-order valence-corrected chi connectivity index (χ1v) is 19.3. The molecule has 6 aromatic heterocycles. The van der Waals surface area contributed by atoms with E-state index in [0.717, 1.165) is 10.9 Å². The van der Waals surface area contributed by atoms with E-state index in [1.807, 2.05) is 91.7 Å². The summed E-state index contributed by atoms with van der Waals surface area (Å²) >= 11 is 0. The number of fused-ring (bicyclic) bond motifs is 3. The standard InChI is InChI=1S/C13H7N2O2.C12H12BN8.C6H4N2.2CHF3O3S.Pd/c16-15(17)12-5-1-4-11-10(12)7-6-9-3-2-8-14-13(9)11;1-5-14-18(9-1)13(19-10-2-6-15-19,20-11-3-7-16-20)21-12-4-8-17-21;7-5-6-1-3-8-4-2-6;2*2-1(3,4)8(5,6)7;/h1-3,5-8H;1-12H;1-4H;2*(H,5,6,7);/q2*-1;;;;/p-2. The predicted molar refractivity (Wildman–Crippen MR) is 201 cm³/mol. The molecule has 0 radical (unpaired) electrons. The smallest absolute Gasteiger partial charge is 0.485 e. The van der Waals surface area contributed by atoms with E-state index >= 15 is 0 Å². The van der Waals surface area contributed by atoms with Gasteiger partial charge >= 0.3 is 17.7 Å². The van der Waals surface area contributed by atoms with Crippen molar-refractivity contribution >= 4 is 54.3 Å². The van der Waals surface area contributed by atoms with Crippen LogP contribution in [0.3, 0.4) is 0 Å². The van der Waals surface area contributed by atoms with Gasteiger partial charge in [0.1, 0.15) is 0 Å². The first-order valence-electron chi connectivity index (χ1n) is 16.4. The van der Waals surface area contributed by atoms with Crippen molar-refractivity contribution in [2.45, 2.75) is 11.0 Å². The van der Waals surface area contributed by atoms with Crippen LogP contribution in [-0.4, -0.2) is 97.3 Å². The van der Waals surface area contributed by atoms with Gasteiger partial charge in [-0.2, -0.15) is 31.6 Å². The first kappa shape index (κ1) is 50.5. The maximum atomic E-state index is 10.9. The Morgan fingerprint density at radius 3 is 1.43 bits per heavy atom. The molecular formula is C33H23BF6N12O8PdS2-4. The molecule has 2 aromatic carbocycles. The van der Waals surface area contributed by atoms with Gasteiger partial charge < -0.3 is 32.5 Å². The average Bonchev–Trinajstić information content (AvgIpc) is 4.08. The monoisotopic (exact) mass is 1010 g/mol. The van der Waals surface area contributed by atoms with Crippen LogP contribution >= 0.6 is 0 Å². The number of halogens is 6. The van der Waals surface area contributed by atoms with Crippen molar-refractivity contribution in [2.24, 2.45) is 0 Å². The van der Waals surface area contributed by atoms with E-state index in [-0.39, 0.29) is 31.0 Å². The number of non-ortho nitro benzene ring substituents is 1. The molecule has 0 atom stereocenters. The number of benzene rings is 2. The maximum Gasteiger partial charge on any atom is 0.485 e.